The van der Waals surface area contributed by atoms with Gasteiger partial charge in [-0.3, -0.25) is 4.79 Å². The molecule has 1 saturated heterocycles. The number of hydrogen-bond donors (Lipinski definition) is 2. The lowest BCUT2D eigenvalue weighted by atomic mass is 10.1. The van der Waals surface area contributed by atoms with Crippen molar-refractivity contribution in [1.82, 2.24) is 5.32 Å². The Balaban J connectivity index is 2.35. The molecule has 1 fully saturated rings. The number of benzene rings is 1. The van der Waals surface area contributed by atoms with Crippen molar-refractivity contribution in [3.63, 3.8) is 0 Å². The first-order chi connectivity index (χ1) is 10.1. The molecule has 7 heteroatoms. The predicted molar refractivity (Wildman–Crippen MR) is 78.2 cm³/mol. The Morgan fingerprint density at radius 3 is 2.90 bits per heavy atom. The van der Waals surface area contributed by atoms with Gasteiger partial charge in [0.25, 0.3) is 0 Å². The molecule has 1 aromatic carbocycles. The third-order valence-corrected chi connectivity index (χ3v) is 3.45. The highest BCUT2D eigenvalue weighted by Crippen LogP contribution is 2.25. The number of likely N-dealkylation sites (N-methyl/N-ethyl adjacent to an activating group) is 1. The summed E-state index contributed by atoms with van der Waals surface area (Å²) in [6.07, 6.45) is 0. The van der Waals surface area contributed by atoms with E-state index in [4.69, 9.17) is 15.2 Å². The van der Waals surface area contributed by atoms with Crippen molar-refractivity contribution >= 4 is 23.3 Å². The number of nitrogens with zero attached hydrogens (tertiary/aromatic N) is 1. The minimum atomic E-state index is -0.501. The summed E-state index contributed by atoms with van der Waals surface area (Å²) in [5.74, 6) is -0.634. The van der Waals surface area contributed by atoms with Crippen LogP contribution in [0.2, 0.25) is 0 Å². The van der Waals surface area contributed by atoms with Crippen LogP contribution in [-0.4, -0.2) is 51.8 Å². The highest BCUT2D eigenvalue weighted by Gasteiger charge is 2.29. The van der Waals surface area contributed by atoms with Gasteiger partial charge in [-0.05, 0) is 18.2 Å². The maximum atomic E-state index is 11.9. The van der Waals surface area contributed by atoms with Gasteiger partial charge in [0.15, 0.2) is 0 Å². The molecular formula is C14H19N3O4. The Kier molecular flexibility index (Phi) is 4.64. The van der Waals surface area contributed by atoms with Crippen molar-refractivity contribution in [2.24, 2.45) is 0 Å². The van der Waals surface area contributed by atoms with Gasteiger partial charge in [-0.15, -0.1) is 0 Å². The van der Waals surface area contributed by atoms with Crippen LogP contribution in [0.3, 0.4) is 0 Å². The quantitative estimate of drug-likeness (QED) is 0.602. The fourth-order valence-electron chi connectivity index (χ4n) is 2.31. The third-order valence-electron chi connectivity index (χ3n) is 3.45. The maximum absolute atomic E-state index is 11.9. The van der Waals surface area contributed by atoms with E-state index in [-0.39, 0.29) is 11.5 Å². The number of anilines is 2. The summed E-state index contributed by atoms with van der Waals surface area (Å²) in [5.41, 5.74) is 7.16. The molecule has 0 spiro atoms. The fraction of sp³-hybridized carbons (Fsp3) is 0.429. The van der Waals surface area contributed by atoms with Gasteiger partial charge in [0, 0.05) is 25.0 Å². The van der Waals surface area contributed by atoms with E-state index < -0.39 is 12.0 Å². The number of carbonyl (C=O) groups is 2. The van der Waals surface area contributed by atoms with Crippen molar-refractivity contribution in [3.8, 4) is 0 Å². The largest absolute Gasteiger partial charge is 0.465 e. The second-order valence-corrected chi connectivity index (χ2v) is 4.66. The summed E-state index contributed by atoms with van der Waals surface area (Å²) in [7, 11) is 2.88. The van der Waals surface area contributed by atoms with Crippen LogP contribution in [0.4, 0.5) is 11.4 Å². The number of carbonyl (C=O) groups excluding carboxylic acids is 2. The molecule has 0 radical (unpaired) electrons. The van der Waals surface area contributed by atoms with Gasteiger partial charge in [0.2, 0.25) is 5.91 Å². The van der Waals surface area contributed by atoms with E-state index >= 15 is 0 Å². The molecule has 1 aliphatic heterocycles. The van der Waals surface area contributed by atoms with E-state index in [1.165, 1.54) is 7.11 Å². The summed E-state index contributed by atoms with van der Waals surface area (Å²) in [6.45, 7) is 1.38. The van der Waals surface area contributed by atoms with E-state index in [2.05, 4.69) is 5.32 Å². The molecule has 1 heterocycles. The smallest absolute Gasteiger partial charge is 0.340 e. The number of hydrogen-bond acceptors (Lipinski definition) is 6. The average Bonchev–Trinajstić information content (AvgIpc) is 2.54. The van der Waals surface area contributed by atoms with Gasteiger partial charge < -0.3 is 25.4 Å². The SMILES string of the molecule is CNC(=O)C1COCCN1c1ccc(N)c(C(=O)OC)c1. The molecule has 0 bridgehead atoms. The molecule has 21 heavy (non-hydrogen) atoms. The zero-order valence-corrected chi connectivity index (χ0v) is 12.1. The number of morpholine rings is 1. The Labute approximate surface area is 123 Å². The number of rotatable bonds is 3. The Morgan fingerprint density at radius 1 is 1.48 bits per heavy atom. The zero-order valence-electron chi connectivity index (χ0n) is 12.1. The lowest BCUT2D eigenvalue weighted by Crippen LogP contribution is -2.53. The van der Waals surface area contributed by atoms with Crippen molar-refractivity contribution in [2.45, 2.75) is 6.04 Å². The van der Waals surface area contributed by atoms with Crippen molar-refractivity contribution in [2.75, 3.05) is 44.5 Å². The molecule has 114 valence electrons. The Bertz CT molecular complexity index is 547. The van der Waals surface area contributed by atoms with E-state index in [0.717, 1.165) is 5.69 Å². The van der Waals surface area contributed by atoms with Gasteiger partial charge in [-0.25, -0.2) is 4.79 Å². The van der Waals surface area contributed by atoms with Crippen molar-refractivity contribution in [1.29, 1.82) is 0 Å². The van der Waals surface area contributed by atoms with Crippen LogP contribution in [0.15, 0.2) is 18.2 Å². The number of methoxy groups -OCH3 is 1. The molecule has 2 rings (SSSR count). The van der Waals surface area contributed by atoms with Crippen LogP contribution in [0.1, 0.15) is 10.4 Å². The molecule has 1 amide bonds. The molecule has 3 N–H and O–H groups in total. The van der Waals surface area contributed by atoms with Gasteiger partial charge >= 0.3 is 5.97 Å². The van der Waals surface area contributed by atoms with E-state index in [0.29, 0.717) is 25.4 Å². The third kappa shape index (κ3) is 3.08. The molecule has 1 atom stereocenters. The first-order valence-corrected chi connectivity index (χ1v) is 6.62. The number of nitrogens with two attached hydrogens (primary N) is 1. The summed E-state index contributed by atoms with van der Waals surface area (Å²) in [4.78, 5) is 25.6. The van der Waals surface area contributed by atoms with Crippen LogP contribution < -0.4 is 16.0 Å². The second-order valence-electron chi connectivity index (χ2n) is 4.66. The minimum Gasteiger partial charge on any atom is -0.465 e. The highest BCUT2D eigenvalue weighted by atomic mass is 16.5. The summed E-state index contributed by atoms with van der Waals surface area (Å²) < 4.78 is 10.1. The summed E-state index contributed by atoms with van der Waals surface area (Å²) in [5, 5.41) is 2.62. The van der Waals surface area contributed by atoms with Crippen molar-refractivity contribution < 1.29 is 19.1 Å². The number of esters is 1. The molecule has 7 nitrogen and oxygen atoms in total. The molecule has 0 aliphatic carbocycles. The monoisotopic (exact) mass is 293 g/mol. The normalized spacial score (nSPS) is 18.2. The maximum Gasteiger partial charge on any atom is 0.340 e. The van der Waals surface area contributed by atoms with Gasteiger partial charge in [0.1, 0.15) is 6.04 Å². The zero-order chi connectivity index (χ0) is 15.4. The van der Waals surface area contributed by atoms with E-state index in [1.807, 2.05) is 4.90 Å². The van der Waals surface area contributed by atoms with E-state index in [9.17, 15) is 9.59 Å². The van der Waals surface area contributed by atoms with Crippen LogP contribution in [0.5, 0.6) is 0 Å². The van der Waals surface area contributed by atoms with Crippen LogP contribution in [0.25, 0.3) is 0 Å². The second kappa shape index (κ2) is 6.45. The average molecular weight is 293 g/mol. The van der Waals surface area contributed by atoms with Crippen LogP contribution in [0, 0.1) is 0 Å². The molecular weight excluding hydrogens is 274 g/mol. The lowest BCUT2D eigenvalue weighted by molar-refractivity contribution is -0.124. The topological polar surface area (TPSA) is 93.9 Å². The fourth-order valence-corrected chi connectivity index (χ4v) is 2.31. The summed E-state index contributed by atoms with van der Waals surface area (Å²) in [6, 6.07) is 4.63. The first kappa shape index (κ1) is 15.1. The molecule has 0 saturated carbocycles. The Morgan fingerprint density at radius 2 is 2.24 bits per heavy atom. The standard InChI is InChI=1S/C14H19N3O4/c1-16-13(18)12-8-21-6-5-17(12)9-3-4-11(15)10(7-9)14(19)20-2/h3-4,7,12H,5-6,8,15H2,1-2H3,(H,16,18). The summed E-state index contributed by atoms with van der Waals surface area (Å²) >= 11 is 0. The number of nitrogens with one attached hydrogen (secondary N) is 1. The number of ether oxygens (including phenoxy) is 2. The lowest BCUT2D eigenvalue weighted by Gasteiger charge is -2.36. The van der Waals surface area contributed by atoms with Gasteiger partial charge in [-0.2, -0.15) is 0 Å². The Hall–Kier alpha value is -2.28. The van der Waals surface area contributed by atoms with Crippen LogP contribution in [-0.2, 0) is 14.3 Å². The predicted octanol–water partition coefficient (Wildman–Crippen LogP) is 0.00660. The number of nitrogen functional groups attached to an aromatic ring is 1. The van der Waals surface area contributed by atoms with Gasteiger partial charge in [-0.1, -0.05) is 0 Å². The van der Waals surface area contributed by atoms with Crippen LogP contribution >= 0.6 is 0 Å². The molecule has 0 aromatic heterocycles. The van der Waals surface area contributed by atoms with Crippen molar-refractivity contribution in [3.05, 3.63) is 23.8 Å². The molecule has 1 unspecified atom stereocenters. The number of amides is 1. The minimum absolute atomic E-state index is 0.133. The van der Waals surface area contributed by atoms with Gasteiger partial charge in [0.05, 0.1) is 25.9 Å². The van der Waals surface area contributed by atoms with E-state index in [1.54, 1.807) is 25.2 Å². The highest BCUT2D eigenvalue weighted by molar-refractivity contribution is 5.96. The molecule has 1 aliphatic rings. The molecule has 1 aromatic rings. The first-order valence-electron chi connectivity index (χ1n) is 6.62.